The van der Waals surface area contributed by atoms with Crippen LogP contribution in [0.3, 0.4) is 0 Å². The molecule has 0 aliphatic carbocycles. The molecule has 34 heavy (non-hydrogen) atoms. The van der Waals surface area contributed by atoms with Gasteiger partial charge in [-0.25, -0.2) is 4.39 Å². The lowest BCUT2D eigenvalue weighted by Crippen LogP contribution is -2.38. The molecule has 0 spiro atoms. The van der Waals surface area contributed by atoms with Gasteiger partial charge >= 0.3 is 5.97 Å². The molecule has 1 heterocycles. The lowest BCUT2D eigenvalue weighted by atomic mass is 10.0. The fourth-order valence-electron chi connectivity index (χ4n) is 3.79. The lowest BCUT2D eigenvalue weighted by Gasteiger charge is -2.17. The summed E-state index contributed by atoms with van der Waals surface area (Å²) in [4.78, 5) is 15.1. The Hall–Kier alpha value is -3.55. The van der Waals surface area contributed by atoms with Crippen molar-refractivity contribution in [2.24, 2.45) is 0 Å². The zero-order valence-electron chi connectivity index (χ0n) is 18.5. The number of hydrogen-bond donors (Lipinski definition) is 3. The molecule has 0 radical (unpaired) electrons. The van der Waals surface area contributed by atoms with Crippen LogP contribution in [0.1, 0.15) is 16.7 Å². The van der Waals surface area contributed by atoms with E-state index in [1.54, 1.807) is 30.3 Å². The first kappa shape index (κ1) is 23.6. The summed E-state index contributed by atoms with van der Waals surface area (Å²) in [5, 5.41) is 14.1. The maximum atomic E-state index is 13.9. The Kier molecular flexibility index (Phi) is 7.35. The van der Waals surface area contributed by atoms with Crippen LogP contribution in [0, 0.1) is 5.82 Å². The molecule has 0 fully saturated rings. The van der Waals surface area contributed by atoms with Crippen LogP contribution in [0.25, 0.3) is 10.9 Å². The number of carboxylic acids is 1. The third-order valence-corrected chi connectivity index (χ3v) is 5.85. The Morgan fingerprint density at radius 1 is 1.15 bits per heavy atom. The number of fused-ring (bicyclic) bond motifs is 1. The van der Waals surface area contributed by atoms with Crippen LogP contribution >= 0.6 is 11.6 Å². The third-order valence-electron chi connectivity index (χ3n) is 5.57. The van der Waals surface area contributed by atoms with Crippen molar-refractivity contribution < 1.29 is 23.8 Å². The summed E-state index contributed by atoms with van der Waals surface area (Å²) >= 11 is 6.43. The fourth-order valence-corrected chi connectivity index (χ4v) is 4.08. The Labute approximate surface area is 201 Å². The van der Waals surface area contributed by atoms with Crippen molar-refractivity contribution in [2.75, 3.05) is 7.11 Å². The van der Waals surface area contributed by atoms with E-state index in [1.807, 2.05) is 30.5 Å². The Balaban J connectivity index is 1.46. The number of carbonyl (C=O) groups is 1. The van der Waals surface area contributed by atoms with E-state index in [0.29, 0.717) is 23.5 Å². The van der Waals surface area contributed by atoms with Gasteiger partial charge in [0.25, 0.3) is 0 Å². The molecule has 0 aliphatic heterocycles. The molecule has 0 aliphatic rings. The first-order valence-corrected chi connectivity index (χ1v) is 11.1. The van der Waals surface area contributed by atoms with Crippen molar-refractivity contribution in [2.45, 2.75) is 25.6 Å². The van der Waals surface area contributed by atoms with Crippen molar-refractivity contribution in [3.63, 3.8) is 0 Å². The van der Waals surface area contributed by atoms with E-state index in [2.05, 4.69) is 10.3 Å². The zero-order chi connectivity index (χ0) is 24.1. The van der Waals surface area contributed by atoms with Crippen LogP contribution in [0.4, 0.5) is 4.39 Å². The highest BCUT2D eigenvalue weighted by Gasteiger charge is 2.20. The molecule has 0 bridgehead atoms. The van der Waals surface area contributed by atoms with Gasteiger partial charge in [-0.3, -0.25) is 4.79 Å². The van der Waals surface area contributed by atoms with Gasteiger partial charge in [0, 0.05) is 35.6 Å². The summed E-state index contributed by atoms with van der Waals surface area (Å²) in [7, 11) is 1.48. The Morgan fingerprint density at radius 2 is 1.91 bits per heavy atom. The van der Waals surface area contributed by atoms with Gasteiger partial charge in [-0.15, -0.1) is 0 Å². The Bertz CT molecular complexity index is 1310. The molecule has 3 N–H and O–H groups in total. The van der Waals surface area contributed by atoms with Crippen molar-refractivity contribution >= 4 is 28.5 Å². The van der Waals surface area contributed by atoms with Crippen LogP contribution in [-0.2, 0) is 24.4 Å². The van der Waals surface area contributed by atoms with Crippen LogP contribution in [-0.4, -0.2) is 29.2 Å². The minimum Gasteiger partial charge on any atom is -0.493 e. The number of carboxylic acid groups (broad SMARTS) is 1. The Morgan fingerprint density at radius 3 is 2.68 bits per heavy atom. The van der Waals surface area contributed by atoms with E-state index >= 15 is 0 Å². The summed E-state index contributed by atoms with van der Waals surface area (Å²) < 4.78 is 25.1. The number of methoxy groups -OCH3 is 1. The van der Waals surface area contributed by atoms with Gasteiger partial charge in [-0.1, -0.05) is 48.0 Å². The molecule has 8 heteroatoms. The highest BCUT2D eigenvalue weighted by Crippen LogP contribution is 2.37. The van der Waals surface area contributed by atoms with Gasteiger partial charge in [0.2, 0.25) is 0 Å². The summed E-state index contributed by atoms with van der Waals surface area (Å²) in [5.41, 5.74) is 3.00. The van der Waals surface area contributed by atoms with Crippen LogP contribution in [0.2, 0.25) is 5.02 Å². The van der Waals surface area contributed by atoms with E-state index in [1.165, 1.54) is 13.2 Å². The number of H-pyrrole nitrogens is 1. The standard InChI is InChI=1S/C26H24ClFN2O4/c1-33-24-11-16(10-20(27)25(24)34-15-17-6-2-4-8-21(17)28)13-29-23(26(31)32)12-18-14-30-22-9-5-3-7-19(18)22/h2-11,14,23,29-30H,12-13,15H2,1H3,(H,31,32)/t23-/m0/s1. The van der Waals surface area contributed by atoms with Crippen LogP contribution < -0.4 is 14.8 Å². The number of hydrogen-bond acceptors (Lipinski definition) is 4. The first-order chi connectivity index (χ1) is 16.5. The van der Waals surface area contributed by atoms with E-state index in [0.717, 1.165) is 22.0 Å². The molecule has 3 aromatic carbocycles. The molecule has 0 saturated carbocycles. The molecule has 0 unspecified atom stereocenters. The van der Waals surface area contributed by atoms with E-state index in [9.17, 15) is 14.3 Å². The van der Waals surface area contributed by atoms with Crippen molar-refractivity contribution in [1.82, 2.24) is 10.3 Å². The summed E-state index contributed by atoms with van der Waals surface area (Å²) in [6, 6.07) is 16.7. The molecule has 176 valence electrons. The minimum absolute atomic E-state index is 0.00788. The van der Waals surface area contributed by atoms with Crippen molar-refractivity contribution in [3.05, 3.63) is 94.4 Å². The molecular weight excluding hydrogens is 459 g/mol. The molecule has 4 aromatic rings. The minimum atomic E-state index is -0.951. The average molecular weight is 483 g/mol. The number of para-hydroxylation sites is 1. The predicted molar refractivity (Wildman–Crippen MR) is 129 cm³/mol. The topological polar surface area (TPSA) is 83.6 Å². The van der Waals surface area contributed by atoms with Crippen LogP contribution in [0.15, 0.2) is 66.9 Å². The molecule has 0 amide bonds. The van der Waals surface area contributed by atoms with Crippen molar-refractivity contribution in [3.8, 4) is 11.5 Å². The number of aromatic amines is 1. The van der Waals surface area contributed by atoms with Crippen molar-refractivity contribution in [1.29, 1.82) is 0 Å². The summed E-state index contributed by atoms with van der Waals surface area (Å²) in [6.45, 7) is 0.245. The number of ether oxygens (including phenoxy) is 2. The maximum absolute atomic E-state index is 13.9. The maximum Gasteiger partial charge on any atom is 0.321 e. The van der Waals surface area contributed by atoms with Gasteiger partial charge in [-0.05, 0) is 35.4 Å². The summed E-state index contributed by atoms with van der Waals surface area (Å²) in [5.74, 6) is -0.643. The second kappa shape index (κ2) is 10.6. The van der Waals surface area contributed by atoms with Gasteiger partial charge in [0.1, 0.15) is 18.5 Å². The monoisotopic (exact) mass is 482 g/mol. The van der Waals surface area contributed by atoms with Crippen LogP contribution in [0.5, 0.6) is 11.5 Å². The zero-order valence-corrected chi connectivity index (χ0v) is 19.2. The average Bonchev–Trinajstić information content (AvgIpc) is 3.24. The first-order valence-electron chi connectivity index (χ1n) is 10.7. The van der Waals surface area contributed by atoms with Gasteiger partial charge in [0.05, 0.1) is 12.1 Å². The number of rotatable bonds is 10. The number of benzene rings is 3. The molecule has 0 saturated heterocycles. The molecule has 1 aromatic heterocycles. The van der Waals surface area contributed by atoms with Gasteiger partial charge in [0.15, 0.2) is 11.5 Å². The SMILES string of the molecule is COc1cc(CN[C@@H](Cc2c[nH]c3ccccc23)C(=O)O)cc(Cl)c1OCc1ccccc1F. The van der Waals surface area contributed by atoms with E-state index in [4.69, 9.17) is 21.1 Å². The lowest BCUT2D eigenvalue weighted by molar-refractivity contribution is -0.139. The van der Waals surface area contributed by atoms with E-state index < -0.39 is 12.0 Å². The highest BCUT2D eigenvalue weighted by molar-refractivity contribution is 6.32. The second-order valence-electron chi connectivity index (χ2n) is 7.82. The quantitative estimate of drug-likeness (QED) is 0.284. The molecule has 6 nitrogen and oxygen atoms in total. The number of aliphatic carboxylic acids is 1. The van der Waals surface area contributed by atoms with E-state index in [-0.39, 0.29) is 24.0 Å². The number of aromatic nitrogens is 1. The highest BCUT2D eigenvalue weighted by atomic mass is 35.5. The fraction of sp³-hybridized carbons (Fsp3) is 0.192. The van der Waals surface area contributed by atoms with Gasteiger partial charge < -0.3 is 24.9 Å². The normalized spacial score (nSPS) is 12.0. The largest absolute Gasteiger partial charge is 0.493 e. The number of nitrogens with one attached hydrogen (secondary N) is 2. The molecule has 1 atom stereocenters. The smallest absolute Gasteiger partial charge is 0.321 e. The third kappa shape index (κ3) is 5.32. The predicted octanol–water partition coefficient (Wildman–Crippen LogP) is 5.33. The second-order valence-corrected chi connectivity index (χ2v) is 8.23. The summed E-state index contributed by atoms with van der Waals surface area (Å²) in [6.07, 6.45) is 2.15. The molecule has 4 rings (SSSR count). The molecular formula is C26H24ClFN2O4. The van der Waals surface area contributed by atoms with Gasteiger partial charge in [-0.2, -0.15) is 0 Å². The number of halogens is 2.